The minimum atomic E-state index is -1.56. The molecular weight excluding hydrogens is 279 g/mol. The Balaban J connectivity index is 3.56. The van der Waals surface area contributed by atoms with Gasteiger partial charge in [-0.2, -0.15) is 0 Å². The molecule has 0 aromatic carbocycles. The maximum atomic E-state index is 2.41. The molecule has 0 heterocycles. The zero-order valence-electron chi connectivity index (χ0n) is 5.65. The van der Waals surface area contributed by atoms with Crippen LogP contribution in [-0.4, -0.2) is 21.2 Å². The first-order chi connectivity index (χ1) is 3.06. The maximum absolute atomic E-state index is 2.41. The molecule has 0 bridgehead atoms. The fraction of sp³-hybridized carbons (Fsp3) is 0.667. The third-order valence-electron chi connectivity index (χ3n) is 0.667. The van der Waals surface area contributed by atoms with Crippen molar-refractivity contribution in [2.24, 2.45) is 0 Å². The van der Waals surface area contributed by atoms with Gasteiger partial charge in [-0.15, -0.1) is 0 Å². The molecule has 0 aromatic rings. The fourth-order valence-electron chi connectivity index (χ4n) is 0.500. The molecule has 7 heavy (non-hydrogen) atoms. The van der Waals surface area contributed by atoms with Gasteiger partial charge in [-0.3, -0.25) is 0 Å². The van der Waals surface area contributed by atoms with E-state index in [1.165, 1.54) is 0 Å². The number of hydrogen-bond donors (Lipinski definition) is 0. The summed E-state index contributed by atoms with van der Waals surface area (Å²) in [7, 11) is 0. The van der Waals surface area contributed by atoms with Gasteiger partial charge in [0.05, 0.1) is 0 Å². The van der Waals surface area contributed by atoms with Gasteiger partial charge in [0.1, 0.15) is 0 Å². The summed E-state index contributed by atoms with van der Waals surface area (Å²) in [5.74, 6) is 0. The molecule has 0 amide bonds. The molecular formula is C6H14Pb. The van der Waals surface area contributed by atoms with Gasteiger partial charge < -0.3 is 0 Å². The van der Waals surface area contributed by atoms with Crippen molar-refractivity contribution in [1.82, 2.24) is 0 Å². The molecule has 0 aliphatic carbocycles. The molecule has 0 aromatic heterocycles. The predicted molar refractivity (Wildman–Crippen MR) is 38.2 cm³/mol. The molecule has 0 aliphatic heterocycles. The summed E-state index contributed by atoms with van der Waals surface area (Å²) >= 11 is -1.56. The molecule has 0 saturated heterocycles. The van der Waals surface area contributed by atoms with Gasteiger partial charge in [-0.05, 0) is 0 Å². The van der Waals surface area contributed by atoms with Crippen molar-refractivity contribution in [1.29, 1.82) is 0 Å². The zero-order valence-corrected chi connectivity index (χ0v) is 9.54. The van der Waals surface area contributed by atoms with Crippen molar-refractivity contribution in [3.05, 3.63) is 9.71 Å². The van der Waals surface area contributed by atoms with Crippen LogP contribution in [0.5, 0.6) is 0 Å². The van der Waals surface area contributed by atoms with Gasteiger partial charge >= 0.3 is 51.3 Å². The molecule has 0 radical (unpaired) electrons. The van der Waals surface area contributed by atoms with Crippen LogP contribution in [0.1, 0.15) is 6.92 Å². The first-order valence-electron chi connectivity index (χ1n) is 2.70. The molecule has 1 heteroatoms. The molecule has 0 fully saturated rings. The second kappa shape index (κ2) is 2.85. The van der Waals surface area contributed by atoms with Gasteiger partial charge in [-0.25, -0.2) is 0 Å². The van der Waals surface area contributed by atoms with Gasteiger partial charge in [0.25, 0.3) is 0 Å². The monoisotopic (exact) mass is 294 g/mol. The Morgan fingerprint density at radius 1 is 1.14 bits per heavy atom. The van der Waals surface area contributed by atoms with Crippen LogP contribution in [0.25, 0.3) is 0 Å². The standard InChI is InChI=1S/C3H5.3CH3.Pb/c1-3-2;;;;/h1,3H,2H3;3*1H3;. The summed E-state index contributed by atoms with van der Waals surface area (Å²) in [4.78, 5) is 0. The van der Waals surface area contributed by atoms with Crippen LogP contribution in [0.15, 0.2) is 9.71 Å². The van der Waals surface area contributed by atoms with Crippen molar-refractivity contribution < 1.29 is 0 Å². The second-order valence-electron chi connectivity index (χ2n) is 2.87. The SMILES string of the molecule is C/C=[CH]/[Pb]([CH3])([CH3])[CH3]. The van der Waals surface area contributed by atoms with E-state index in [0.29, 0.717) is 0 Å². The Kier molecular flexibility index (Phi) is 3.12. The van der Waals surface area contributed by atoms with Crippen molar-refractivity contribution in [3.8, 4) is 0 Å². The van der Waals surface area contributed by atoms with E-state index in [-0.39, 0.29) is 0 Å². The van der Waals surface area contributed by atoms with Crippen molar-refractivity contribution in [2.45, 2.75) is 20.4 Å². The van der Waals surface area contributed by atoms with Crippen LogP contribution in [0.3, 0.4) is 0 Å². The van der Waals surface area contributed by atoms with Gasteiger partial charge in [0.15, 0.2) is 0 Å². The topological polar surface area (TPSA) is 0 Å². The third-order valence-corrected chi connectivity index (χ3v) is 5.85. The third kappa shape index (κ3) is 6.66. The van der Waals surface area contributed by atoms with E-state index >= 15 is 0 Å². The molecule has 0 atom stereocenters. The van der Waals surface area contributed by atoms with Crippen LogP contribution >= 0.6 is 0 Å². The molecule has 0 aliphatic rings. The van der Waals surface area contributed by atoms with Gasteiger partial charge in [-0.1, -0.05) is 0 Å². The van der Waals surface area contributed by atoms with Crippen LogP contribution in [-0.2, 0) is 0 Å². The van der Waals surface area contributed by atoms with E-state index in [1.807, 2.05) is 0 Å². The van der Waals surface area contributed by atoms with E-state index in [9.17, 15) is 0 Å². The Labute approximate surface area is 51.3 Å². The molecule has 0 nitrogen and oxygen atoms in total. The number of hydrogen-bond acceptors (Lipinski definition) is 0. The van der Waals surface area contributed by atoms with Crippen LogP contribution in [0.2, 0.25) is 13.4 Å². The van der Waals surface area contributed by atoms with Crippen LogP contribution in [0, 0.1) is 0 Å². The first-order valence-corrected chi connectivity index (χ1v) is 16.6. The summed E-state index contributed by atoms with van der Waals surface area (Å²) in [5.41, 5.74) is 0. The average Bonchev–Trinajstić information content (AvgIpc) is 1.30. The van der Waals surface area contributed by atoms with E-state index < -0.39 is 21.2 Å². The van der Waals surface area contributed by atoms with E-state index in [4.69, 9.17) is 0 Å². The summed E-state index contributed by atoms with van der Waals surface area (Å²) < 4.78 is 9.64. The van der Waals surface area contributed by atoms with Gasteiger partial charge in [0, 0.05) is 0 Å². The average molecular weight is 293 g/mol. The molecule has 0 rings (SSSR count). The summed E-state index contributed by atoms with van der Waals surface area (Å²) in [5, 5.41) is 0. The molecule has 0 saturated carbocycles. The molecule has 0 N–H and O–H groups in total. The summed E-state index contributed by atoms with van der Waals surface area (Å²) in [6, 6.07) is 0. The Bertz CT molecular complexity index is 66.7. The summed E-state index contributed by atoms with van der Waals surface area (Å²) in [6.07, 6.45) is 2.18. The van der Waals surface area contributed by atoms with Crippen molar-refractivity contribution in [2.75, 3.05) is 0 Å². The first kappa shape index (κ1) is 7.66. The van der Waals surface area contributed by atoms with Crippen molar-refractivity contribution >= 4 is 21.2 Å². The Hall–Kier alpha value is 0.662. The zero-order chi connectivity index (χ0) is 5.91. The van der Waals surface area contributed by atoms with Crippen molar-refractivity contribution in [3.63, 3.8) is 0 Å². The molecule has 0 spiro atoms. The van der Waals surface area contributed by atoms with Crippen LogP contribution < -0.4 is 0 Å². The van der Waals surface area contributed by atoms with E-state index in [0.717, 1.165) is 0 Å². The normalized spacial score (nSPS) is 13.1. The Morgan fingerprint density at radius 2 is 1.57 bits per heavy atom. The number of allylic oxidation sites excluding steroid dienone is 1. The fourth-order valence-corrected chi connectivity index (χ4v) is 4.39. The van der Waals surface area contributed by atoms with E-state index in [1.54, 1.807) is 0 Å². The number of rotatable bonds is 1. The quantitative estimate of drug-likeness (QED) is 0.652. The van der Waals surface area contributed by atoms with Crippen LogP contribution in [0.4, 0.5) is 0 Å². The minimum absolute atomic E-state index is 1.56. The second-order valence-corrected chi connectivity index (χ2v) is 22.6. The molecule has 42 valence electrons. The van der Waals surface area contributed by atoms with Gasteiger partial charge in [0.2, 0.25) is 0 Å². The summed E-state index contributed by atoms with van der Waals surface area (Å²) in [6.45, 7) is 2.10. The Morgan fingerprint density at radius 3 is 1.57 bits per heavy atom. The molecule has 0 unspecified atom stereocenters. The predicted octanol–water partition coefficient (Wildman–Crippen LogP) is 2.44. The van der Waals surface area contributed by atoms with E-state index in [2.05, 4.69) is 30.1 Å².